The summed E-state index contributed by atoms with van der Waals surface area (Å²) in [5.74, 6) is 0.906. The predicted octanol–water partition coefficient (Wildman–Crippen LogP) is 2.75. The molecular formula is C17H22N4O2. The average Bonchev–Trinajstić information content (AvgIpc) is 3.09. The molecule has 0 aliphatic carbocycles. The lowest BCUT2D eigenvalue weighted by Crippen LogP contribution is -2.35. The van der Waals surface area contributed by atoms with Gasteiger partial charge in [0, 0.05) is 37.1 Å². The minimum absolute atomic E-state index is 0.137. The third-order valence-corrected chi connectivity index (χ3v) is 4.11. The summed E-state index contributed by atoms with van der Waals surface area (Å²) < 4.78 is 5.33. The number of carbonyl (C=O) groups excluding carboxylic acids is 1. The van der Waals surface area contributed by atoms with E-state index in [-0.39, 0.29) is 12.1 Å². The minimum Gasteiger partial charge on any atom is -0.459 e. The van der Waals surface area contributed by atoms with Gasteiger partial charge in [-0.05, 0) is 44.9 Å². The smallest absolute Gasteiger partial charge is 0.342 e. The fraction of sp³-hybridized carbons (Fsp3) is 0.471. The van der Waals surface area contributed by atoms with Gasteiger partial charge in [-0.3, -0.25) is 5.10 Å². The Balaban J connectivity index is 1.72. The number of carbonyl (C=O) groups is 1. The van der Waals surface area contributed by atoms with Gasteiger partial charge in [-0.15, -0.1) is 0 Å². The molecule has 2 aromatic rings. The number of pyridine rings is 1. The summed E-state index contributed by atoms with van der Waals surface area (Å²) >= 11 is 0. The summed E-state index contributed by atoms with van der Waals surface area (Å²) in [6.07, 6.45) is 5.40. The zero-order chi connectivity index (χ0) is 16.2. The summed E-state index contributed by atoms with van der Waals surface area (Å²) in [5.41, 5.74) is 1.73. The molecule has 3 rings (SSSR count). The summed E-state index contributed by atoms with van der Waals surface area (Å²) in [6.45, 7) is 5.43. The van der Waals surface area contributed by atoms with Gasteiger partial charge in [0.1, 0.15) is 11.4 Å². The van der Waals surface area contributed by atoms with Gasteiger partial charge < -0.3 is 9.64 Å². The molecule has 1 aliphatic heterocycles. The van der Waals surface area contributed by atoms with Crippen molar-refractivity contribution in [1.29, 1.82) is 0 Å². The Morgan fingerprint density at radius 2 is 2.09 bits per heavy atom. The van der Waals surface area contributed by atoms with Gasteiger partial charge >= 0.3 is 5.97 Å². The second-order valence-electron chi connectivity index (χ2n) is 6.10. The van der Waals surface area contributed by atoms with Gasteiger partial charge in [0.05, 0.1) is 6.10 Å². The Labute approximate surface area is 135 Å². The first-order valence-corrected chi connectivity index (χ1v) is 8.05. The van der Waals surface area contributed by atoms with Crippen LogP contribution < -0.4 is 4.90 Å². The zero-order valence-corrected chi connectivity index (χ0v) is 13.5. The van der Waals surface area contributed by atoms with Crippen LogP contribution in [0.1, 0.15) is 48.7 Å². The molecule has 0 amide bonds. The fourth-order valence-corrected chi connectivity index (χ4v) is 2.98. The van der Waals surface area contributed by atoms with E-state index in [2.05, 4.69) is 20.1 Å². The van der Waals surface area contributed by atoms with E-state index in [0.717, 1.165) is 31.7 Å². The number of aromatic nitrogens is 3. The first-order chi connectivity index (χ1) is 11.1. The van der Waals surface area contributed by atoms with Crippen LogP contribution in [0.4, 0.5) is 5.82 Å². The average molecular weight is 314 g/mol. The van der Waals surface area contributed by atoms with Crippen LogP contribution in [0.2, 0.25) is 0 Å². The maximum absolute atomic E-state index is 12.3. The summed E-state index contributed by atoms with van der Waals surface area (Å²) in [7, 11) is 0. The molecule has 122 valence electrons. The molecule has 1 fully saturated rings. The highest BCUT2D eigenvalue weighted by molar-refractivity contribution is 5.94. The Kier molecular flexibility index (Phi) is 4.60. The number of hydrogen-bond acceptors (Lipinski definition) is 5. The van der Waals surface area contributed by atoms with E-state index in [9.17, 15) is 4.79 Å². The number of aromatic amines is 1. The van der Waals surface area contributed by atoms with E-state index in [1.807, 2.05) is 19.9 Å². The van der Waals surface area contributed by atoms with Gasteiger partial charge in [0.2, 0.25) is 0 Å². The Hall–Kier alpha value is -2.37. The lowest BCUT2D eigenvalue weighted by molar-refractivity contribution is 0.0378. The second-order valence-corrected chi connectivity index (χ2v) is 6.10. The van der Waals surface area contributed by atoms with Crippen molar-refractivity contribution in [3.8, 4) is 0 Å². The molecule has 23 heavy (non-hydrogen) atoms. The Morgan fingerprint density at radius 3 is 2.74 bits per heavy atom. The normalized spacial score (nSPS) is 15.9. The van der Waals surface area contributed by atoms with Crippen molar-refractivity contribution in [1.82, 2.24) is 15.2 Å². The third-order valence-electron chi connectivity index (χ3n) is 4.11. The molecule has 6 nitrogen and oxygen atoms in total. The lowest BCUT2D eigenvalue weighted by Gasteiger charge is -2.33. The number of rotatable bonds is 4. The van der Waals surface area contributed by atoms with E-state index in [1.165, 1.54) is 5.69 Å². The molecule has 0 atom stereocenters. The molecule has 0 aromatic carbocycles. The number of ether oxygens (including phenoxy) is 1. The van der Waals surface area contributed by atoms with Crippen molar-refractivity contribution in [3.63, 3.8) is 0 Å². The highest BCUT2D eigenvalue weighted by Crippen LogP contribution is 2.30. The molecule has 1 aliphatic rings. The largest absolute Gasteiger partial charge is 0.459 e. The van der Waals surface area contributed by atoms with Crippen LogP contribution in [0.5, 0.6) is 0 Å². The van der Waals surface area contributed by atoms with Crippen molar-refractivity contribution >= 4 is 11.8 Å². The van der Waals surface area contributed by atoms with Gasteiger partial charge in [-0.25, -0.2) is 9.78 Å². The number of H-pyrrole nitrogens is 1. The Bertz CT molecular complexity index is 646. The minimum atomic E-state index is -0.307. The van der Waals surface area contributed by atoms with E-state index in [1.54, 1.807) is 24.5 Å². The second kappa shape index (κ2) is 6.81. The molecule has 1 N–H and O–H groups in total. The van der Waals surface area contributed by atoms with E-state index in [4.69, 9.17) is 4.74 Å². The molecular weight excluding hydrogens is 292 g/mol. The summed E-state index contributed by atoms with van der Waals surface area (Å²) in [4.78, 5) is 18.9. The maximum atomic E-state index is 12.3. The van der Waals surface area contributed by atoms with Gasteiger partial charge in [0.25, 0.3) is 0 Å². The van der Waals surface area contributed by atoms with Crippen molar-refractivity contribution in [3.05, 3.63) is 41.9 Å². The molecule has 0 radical (unpaired) electrons. The molecule has 3 heterocycles. The van der Waals surface area contributed by atoms with Crippen LogP contribution in [0, 0.1) is 0 Å². The topological polar surface area (TPSA) is 71.1 Å². The number of esters is 1. The van der Waals surface area contributed by atoms with Crippen LogP contribution >= 0.6 is 0 Å². The van der Waals surface area contributed by atoms with E-state index < -0.39 is 0 Å². The molecule has 0 unspecified atom stereocenters. The first-order valence-electron chi connectivity index (χ1n) is 8.05. The molecule has 1 saturated heterocycles. The molecule has 0 saturated carbocycles. The number of nitrogens with one attached hydrogen (secondary N) is 1. The van der Waals surface area contributed by atoms with Crippen LogP contribution in [-0.2, 0) is 4.74 Å². The number of hydrogen-bond donors (Lipinski definition) is 1. The zero-order valence-electron chi connectivity index (χ0n) is 13.5. The number of piperidine rings is 1. The highest BCUT2D eigenvalue weighted by atomic mass is 16.5. The fourth-order valence-electron chi connectivity index (χ4n) is 2.98. The highest BCUT2D eigenvalue weighted by Gasteiger charge is 2.25. The predicted molar refractivity (Wildman–Crippen MR) is 87.6 cm³/mol. The van der Waals surface area contributed by atoms with Crippen molar-refractivity contribution in [2.75, 3.05) is 18.0 Å². The summed E-state index contributed by atoms with van der Waals surface area (Å²) in [6, 6.07) is 5.60. The van der Waals surface area contributed by atoms with Gasteiger partial charge in [0.15, 0.2) is 0 Å². The summed E-state index contributed by atoms with van der Waals surface area (Å²) in [5, 5.41) is 7.08. The van der Waals surface area contributed by atoms with Crippen LogP contribution in [0.15, 0.2) is 30.6 Å². The van der Waals surface area contributed by atoms with Gasteiger partial charge in [-0.1, -0.05) is 0 Å². The molecule has 6 heteroatoms. The van der Waals surface area contributed by atoms with Gasteiger partial charge in [-0.2, -0.15) is 5.10 Å². The first kappa shape index (κ1) is 15.5. The van der Waals surface area contributed by atoms with Crippen molar-refractivity contribution in [2.45, 2.75) is 38.7 Å². The van der Waals surface area contributed by atoms with Crippen LogP contribution in [-0.4, -0.2) is 40.3 Å². The van der Waals surface area contributed by atoms with E-state index >= 15 is 0 Å². The number of nitrogens with zero attached hydrogens (tertiary/aromatic N) is 3. The quantitative estimate of drug-likeness (QED) is 0.879. The number of anilines is 1. The third kappa shape index (κ3) is 3.52. The monoisotopic (exact) mass is 314 g/mol. The van der Waals surface area contributed by atoms with Crippen LogP contribution in [0.3, 0.4) is 0 Å². The SMILES string of the molecule is CC(C)OC(=O)c1cccnc1N1CCC(c2ccn[nH]2)CC1. The molecule has 0 bridgehead atoms. The lowest BCUT2D eigenvalue weighted by atomic mass is 9.93. The van der Waals surface area contributed by atoms with Crippen LogP contribution in [0.25, 0.3) is 0 Å². The van der Waals surface area contributed by atoms with Crippen molar-refractivity contribution < 1.29 is 9.53 Å². The van der Waals surface area contributed by atoms with E-state index in [0.29, 0.717) is 11.5 Å². The Morgan fingerprint density at radius 1 is 1.30 bits per heavy atom. The molecule has 2 aromatic heterocycles. The van der Waals surface area contributed by atoms with Crippen molar-refractivity contribution in [2.24, 2.45) is 0 Å². The maximum Gasteiger partial charge on any atom is 0.342 e. The molecule has 0 spiro atoms. The standard InChI is InChI=1S/C17H22N4O2/c1-12(2)23-17(22)14-4-3-8-18-16(14)21-10-6-13(7-11-21)15-5-9-19-20-15/h3-5,8-9,12-13H,6-7,10-11H2,1-2H3,(H,19,20).